The largest absolute Gasteiger partial charge is 0.507 e. The van der Waals surface area contributed by atoms with E-state index < -0.39 is 28.0 Å². The number of carbonyl (C=O) groups excluding carboxylic acids is 1. The number of nitrogens with zero attached hydrogens (tertiary/aromatic N) is 1. The highest BCUT2D eigenvalue weighted by Crippen LogP contribution is 2.31. The lowest BCUT2D eigenvalue weighted by molar-refractivity contribution is -0.192. The van der Waals surface area contributed by atoms with Crippen molar-refractivity contribution < 1.29 is 56.0 Å². The van der Waals surface area contributed by atoms with Crippen molar-refractivity contribution in [2.24, 2.45) is 0 Å². The number of alkyl halides is 3. The first-order chi connectivity index (χ1) is 20.3. The summed E-state index contributed by atoms with van der Waals surface area (Å²) in [4.78, 5) is 23.6. The van der Waals surface area contributed by atoms with Gasteiger partial charge in [-0.2, -0.15) is 13.2 Å². The molecule has 1 aliphatic rings. The number of carbonyl (C=O) groups is 2. The Morgan fingerprint density at radius 2 is 1.60 bits per heavy atom. The lowest BCUT2D eigenvalue weighted by Gasteiger charge is -2.26. The fourth-order valence-corrected chi connectivity index (χ4v) is 5.45. The molecule has 0 saturated carbocycles. The van der Waals surface area contributed by atoms with E-state index in [0.717, 1.165) is 19.6 Å². The van der Waals surface area contributed by atoms with Crippen molar-refractivity contribution in [1.82, 2.24) is 4.90 Å². The van der Waals surface area contributed by atoms with Gasteiger partial charge in [0, 0.05) is 25.2 Å². The zero-order chi connectivity index (χ0) is 31.6. The van der Waals surface area contributed by atoms with Crippen molar-refractivity contribution in [1.29, 1.82) is 0 Å². The van der Waals surface area contributed by atoms with E-state index in [1.54, 1.807) is 30.3 Å². The number of carboxylic acid groups (broad SMARTS) is 1. The van der Waals surface area contributed by atoms with Gasteiger partial charge in [-0.1, -0.05) is 36.4 Å². The summed E-state index contributed by atoms with van der Waals surface area (Å²) in [5, 5.41) is 27.6. The van der Waals surface area contributed by atoms with Gasteiger partial charge in [0.2, 0.25) is 0 Å². The number of para-hydroxylation sites is 1. The predicted molar refractivity (Wildman–Crippen MR) is 148 cm³/mol. The number of phenols is 2. The zero-order valence-electron chi connectivity index (χ0n) is 22.8. The van der Waals surface area contributed by atoms with Crippen molar-refractivity contribution >= 4 is 21.8 Å². The van der Waals surface area contributed by atoms with E-state index in [-0.39, 0.29) is 34.3 Å². The fourth-order valence-electron chi connectivity index (χ4n) is 4.07. The van der Waals surface area contributed by atoms with Crippen LogP contribution in [0, 0.1) is 0 Å². The third-order valence-corrected chi connectivity index (χ3v) is 7.93. The molecule has 3 aromatic rings. The summed E-state index contributed by atoms with van der Waals surface area (Å²) in [6.45, 7) is 4.15. The SMILES string of the molecule is O=C(O)C(F)(F)F.O=C(OCCCN1CCOCC1)c1ccc(CS(=O)(=O)c2cccc(-c3ccccc3O)c2)cc1O. The van der Waals surface area contributed by atoms with E-state index in [2.05, 4.69) is 4.90 Å². The Morgan fingerprint density at radius 1 is 0.930 bits per heavy atom. The molecule has 0 amide bonds. The number of sulfone groups is 1. The molecule has 4 rings (SSSR count). The number of morpholine rings is 1. The van der Waals surface area contributed by atoms with Crippen LogP contribution in [0.15, 0.2) is 71.6 Å². The number of hydrogen-bond acceptors (Lipinski definition) is 9. The molecule has 0 radical (unpaired) electrons. The van der Waals surface area contributed by atoms with Gasteiger partial charge in [0.1, 0.15) is 17.1 Å². The van der Waals surface area contributed by atoms with E-state index in [9.17, 15) is 36.6 Å². The van der Waals surface area contributed by atoms with E-state index in [1.807, 2.05) is 0 Å². The first-order valence-corrected chi connectivity index (χ1v) is 14.6. The van der Waals surface area contributed by atoms with E-state index in [0.29, 0.717) is 36.3 Å². The number of hydrogen-bond donors (Lipinski definition) is 3. The lowest BCUT2D eigenvalue weighted by atomic mass is 10.1. The summed E-state index contributed by atoms with van der Waals surface area (Å²) in [5.41, 5.74) is 1.43. The van der Waals surface area contributed by atoms with Crippen LogP contribution in [0.2, 0.25) is 0 Å². The van der Waals surface area contributed by atoms with Gasteiger partial charge >= 0.3 is 18.1 Å². The van der Waals surface area contributed by atoms with Gasteiger partial charge < -0.3 is 24.8 Å². The minimum absolute atomic E-state index is 0.0101. The fraction of sp³-hybridized carbons (Fsp3) is 0.310. The Hall–Kier alpha value is -4.14. The average Bonchev–Trinajstić information content (AvgIpc) is 2.96. The second-order valence-electron chi connectivity index (χ2n) is 9.40. The van der Waals surface area contributed by atoms with E-state index >= 15 is 0 Å². The molecule has 10 nitrogen and oxygen atoms in total. The van der Waals surface area contributed by atoms with Crippen LogP contribution >= 0.6 is 0 Å². The summed E-state index contributed by atoms with van der Waals surface area (Å²) in [6, 6.07) is 17.2. The standard InChI is InChI=1S/C27H29NO7S.C2HF3O2/c29-25-8-2-1-7-23(25)21-5-3-6-22(18-21)36(32,33)19-20-9-10-24(26(30)17-20)27(31)35-14-4-11-28-12-15-34-16-13-28;3-2(4,5)1(6)7/h1-3,5-10,17-18,29-30H,4,11-16,19H2;(H,6,7). The molecule has 1 saturated heterocycles. The summed E-state index contributed by atoms with van der Waals surface area (Å²) in [6.07, 6.45) is -4.41. The summed E-state index contributed by atoms with van der Waals surface area (Å²) in [7, 11) is -3.76. The Morgan fingerprint density at radius 3 is 2.23 bits per heavy atom. The van der Waals surface area contributed by atoms with Crippen LogP contribution < -0.4 is 0 Å². The van der Waals surface area contributed by atoms with Crippen LogP contribution in [0.5, 0.6) is 11.5 Å². The first-order valence-electron chi connectivity index (χ1n) is 13.0. The highest BCUT2D eigenvalue weighted by atomic mass is 32.2. The molecule has 232 valence electrons. The highest BCUT2D eigenvalue weighted by molar-refractivity contribution is 7.90. The van der Waals surface area contributed by atoms with Gasteiger partial charge in [0.25, 0.3) is 0 Å². The quantitative estimate of drug-likeness (QED) is 0.233. The second-order valence-corrected chi connectivity index (χ2v) is 11.4. The third kappa shape index (κ3) is 9.98. The molecule has 43 heavy (non-hydrogen) atoms. The number of benzene rings is 3. The number of ether oxygens (including phenoxy) is 2. The molecule has 3 aromatic carbocycles. The molecule has 0 spiro atoms. The summed E-state index contributed by atoms with van der Waals surface area (Å²) < 4.78 is 68.4. The van der Waals surface area contributed by atoms with Crippen molar-refractivity contribution in [3.63, 3.8) is 0 Å². The molecule has 0 atom stereocenters. The number of halogens is 3. The number of phenolic OH excluding ortho intramolecular Hbond substituents is 2. The van der Waals surface area contributed by atoms with Crippen molar-refractivity contribution in [3.8, 4) is 22.6 Å². The van der Waals surface area contributed by atoms with Crippen molar-refractivity contribution in [2.75, 3.05) is 39.5 Å². The number of aromatic hydroxyl groups is 2. The Kier molecular flexibility index (Phi) is 11.5. The van der Waals surface area contributed by atoms with Gasteiger partial charge in [-0.3, -0.25) is 4.90 Å². The van der Waals surface area contributed by atoms with Gasteiger partial charge in [-0.05, 0) is 47.9 Å². The average molecular weight is 626 g/mol. The predicted octanol–water partition coefficient (Wildman–Crippen LogP) is 4.25. The summed E-state index contributed by atoms with van der Waals surface area (Å²) in [5.74, 6) is -4.05. The zero-order valence-corrected chi connectivity index (χ0v) is 23.6. The van der Waals surface area contributed by atoms with E-state index in [4.69, 9.17) is 19.4 Å². The maximum atomic E-state index is 13.1. The monoisotopic (exact) mass is 625 g/mol. The first kappa shape index (κ1) is 33.4. The minimum Gasteiger partial charge on any atom is -0.507 e. The smallest absolute Gasteiger partial charge is 0.490 e. The molecule has 0 aromatic heterocycles. The molecule has 0 aliphatic carbocycles. The Balaban J connectivity index is 0.000000646. The van der Waals surface area contributed by atoms with Gasteiger partial charge in [0.15, 0.2) is 9.84 Å². The van der Waals surface area contributed by atoms with Gasteiger partial charge in [-0.25, -0.2) is 18.0 Å². The number of rotatable bonds is 9. The minimum atomic E-state index is -5.08. The van der Waals surface area contributed by atoms with Gasteiger partial charge in [-0.15, -0.1) is 0 Å². The number of esters is 1. The Bertz CT molecular complexity index is 1520. The maximum absolute atomic E-state index is 13.1. The molecule has 14 heteroatoms. The van der Waals surface area contributed by atoms with Crippen LogP contribution in [0.25, 0.3) is 11.1 Å². The molecule has 3 N–H and O–H groups in total. The number of carboxylic acids is 1. The van der Waals surface area contributed by atoms with Crippen LogP contribution in [-0.2, 0) is 29.9 Å². The van der Waals surface area contributed by atoms with Crippen LogP contribution in [0.1, 0.15) is 22.3 Å². The van der Waals surface area contributed by atoms with Crippen molar-refractivity contribution in [3.05, 3.63) is 77.9 Å². The number of aliphatic carboxylic acids is 1. The van der Waals surface area contributed by atoms with Crippen LogP contribution in [0.3, 0.4) is 0 Å². The molecule has 1 heterocycles. The lowest BCUT2D eigenvalue weighted by Crippen LogP contribution is -2.37. The summed E-state index contributed by atoms with van der Waals surface area (Å²) >= 11 is 0. The molecular formula is C29H30F3NO9S. The molecule has 1 fully saturated rings. The molecule has 0 unspecified atom stereocenters. The van der Waals surface area contributed by atoms with Crippen molar-refractivity contribution in [2.45, 2.75) is 23.2 Å². The van der Waals surface area contributed by atoms with Crippen LogP contribution in [-0.4, -0.2) is 86.2 Å². The Labute approximate surface area is 245 Å². The normalized spacial score (nSPS) is 13.9. The maximum Gasteiger partial charge on any atom is 0.490 e. The van der Waals surface area contributed by atoms with Gasteiger partial charge in [0.05, 0.1) is 30.5 Å². The molecule has 0 bridgehead atoms. The molecule has 1 aliphatic heterocycles. The van der Waals surface area contributed by atoms with Crippen LogP contribution in [0.4, 0.5) is 13.2 Å². The third-order valence-electron chi connectivity index (χ3n) is 6.24. The molecular weight excluding hydrogens is 595 g/mol. The highest BCUT2D eigenvalue weighted by Gasteiger charge is 2.38. The topological polar surface area (TPSA) is 151 Å². The second kappa shape index (κ2) is 14.8. The van der Waals surface area contributed by atoms with E-state index in [1.165, 1.54) is 36.4 Å².